The number of carbonyl (C=O) groups excluding carboxylic acids is 1. The van der Waals surface area contributed by atoms with E-state index in [1.54, 1.807) is 0 Å². The van der Waals surface area contributed by atoms with Crippen LogP contribution >= 0.6 is 0 Å². The third-order valence-electron chi connectivity index (χ3n) is 3.19. The first-order valence-corrected chi connectivity index (χ1v) is 6.22. The van der Waals surface area contributed by atoms with Gasteiger partial charge in [-0.15, -0.1) is 0 Å². The van der Waals surface area contributed by atoms with Gasteiger partial charge in [-0.25, -0.2) is 0 Å². The highest BCUT2D eigenvalue weighted by atomic mass is 16.2. The predicted molar refractivity (Wildman–Crippen MR) is 67.3 cm³/mol. The zero-order chi connectivity index (χ0) is 12.1. The predicted octanol–water partition coefficient (Wildman–Crippen LogP) is 1.80. The second-order valence-corrected chi connectivity index (χ2v) is 4.86. The summed E-state index contributed by atoms with van der Waals surface area (Å²) in [6.07, 6.45) is 2.32. The van der Waals surface area contributed by atoms with Crippen molar-refractivity contribution in [3.8, 4) is 0 Å². The Morgan fingerprint density at radius 1 is 1.56 bits per heavy atom. The van der Waals surface area contributed by atoms with Gasteiger partial charge in [0.1, 0.15) is 0 Å². The third kappa shape index (κ3) is 3.34. The molecule has 1 fully saturated rings. The maximum absolute atomic E-state index is 12.3. The number of piperidine rings is 1. The second kappa shape index (κ2) is 6.04. The first-order valence-electron chi connectivity index (χ1n) is 6.22. The molecule has 3 heteroatoms. The minimum atomic E-state index is 0.00745. The first kappa shape index (κ1) is 13.2. The lowest BCUT2D eigenvalue weighted by molar-refractivity contribution is -0.134. The van der Waals surface area contributed by atoms with Gasteiger partial charge in [0.05, 0.1) is 6.04 Å². The Morgan fingerprint density at radius 3 is 2.75 bits per heavy atom. The summed E-state index contributed by atoms with van der Waals surface area (Å²) in [5.41, 5.74) is 1.04. The van der Waals surface area contributed by atoms with Crippen molar-refractivity contribution in [1.29, 1.82) is 0 Å². The zero-order valence-electron chi connectivity index (χ0n) is 10.8. The van der Waals surface area contributed by atoms with Crippen molar-refractivity contribution < 1.29 is 4.79 Å². The molecular formula is C13H24N2O. The molecule has 16 heavy (non-hydrogen) atoms. The van der Waals surface area contributed by atoms with Crippen molar-refractivity contribution in [3.63, 3.8) is 0 Å². The van der Waals surface area contributed by atoms with Crippen molar-refractivity contribution in [2.45, 2.75) is 39.7 Å². The minimum absolute atomic E-state index is 0.00745. The molecular weight excluding hydrogens is 200 g/mol. The molecule has 0 radical (unpaired) electrons. The lowest BCUT2D eigenvalue weighted by Crippen LogP contribution is -2.52. The van der Waals surface area contributed by atoms with Gasteiger partial charge in [-0.3, -0.25) is 4.79 Å². The van der Waals surface area contributed by atoms with E-state index in [-0.39, 0.29) is 11.9 Å². The van der Waals surface area contributed by atoms with Crippen LogP contribution in [0.1, 0.15) is 33.6 Å². The molecule has 1 N–H and O–H groups in total. The normalized spacial score (nSPS) is 25.2. The topological polar surface area (TPSA) is 32.3 Å². The maximum atomic E-state index is 12.3. The van der Waals surface area contributed by atoms with Crippen molar-refractivity contribution in [3.05, 3.63) is 12.2 Å². The Bertz CT molecular complexity index is 263. The molecule has 92 valence electrons. The van der Waals surface area contributed by atoms with Crippen LogP contribution in [0.15, 0.2) is 12.2 Å². The monoisotopic (exact) mass is 224 g/mol. The molecule has 0 bridgehead atoms. The molecule has 0 aromatic rings. The lowest BCUT2D eigenvalue weighted by Gasteiger charge is -2.33. The van der Waals surface area contributed by atoms with Crippen LogP contribution in [-0.2, 0) is 4.79 Å². The summed E-state index contributed by atoms with van der Waals surface area (Å²) < 4.78 is 0. The number of likely N-dealkylation sites (N-methyl/N-ethyl adjacent to an activating group) is 1. The Kier molecular flexibility index (Phi) is 5.00. The number of nitrogens with zero attached hydrogens (tertiary/aromatic N) is 1. The number of carbonyl (C=O) groups is 1. The molecule has 1 aliphatic heterocycles. The van der Waals surface area contributed by atoms with Gasteiger partial charge in [-0.05, 0) is 39.2 Å². The van der Waals surface area contributed by atoms with Crippen molar-refractivity contribution in [2.24, 2.45) is 5.92 Å². The van der Waals surface area contributed by atoms with Gasteiger partial charge in [-0.1, -0.05) is 19.1 Å². The highest BCUT2D eigenvalue weighted by molar-refractivity contribution is 5.82. The number of hydrogen-bond donors (Lipinski definition) is 1. The van der Waals surface area contributed by atoms with Crippen LogP contribution in [0.3, 0.4) is 0 Å². The Labute approximate surface area is 98.9 Å². The van der Waals surface area contributed by atoms with E-state index in [2.05, 4.69) is 18.8 Å². The number of rotatable bonds is 4. The molecule has 0 saturated carbocycles. The Balaban J connectivity index is 2.62. The number of nitrogens with one attached hydrogen (secondary N) is 1. The molecule has 1 rings (SSSR count). The summed E-state index contributed by atoms with van der Waals surface area (Å²) in [5.74, 6) is 0.679. The van der Waals surface area contributed by atoms with E-state index < -0.39 is 0 Å². The Morgan fingerprint density at radius 2 is 2.25 bits per heavy atom. The molecule has 0 aromatic heterocycles. The van der Waals surface area contributed by atoms with Gasteiger partial charge in [0.2, 0.25) is 5.91 Å². The Hall–Kier alpha value is -0.830. The molecule has 1 heterocycles. The van der Waals surface area contributed by atoms with Crippen molar-refractivity contribution >= 4 is 5.91 Å². The van der Waals surface area contributed by atoms with Crippen LogP contribution in [0.2, 0.25) is 0 Å². The highest BCUT2D eigenvalue weighted by Crippen LogP contribution is 2.17. The SMILES string of the molecule is C=C(C)CN(CC)C(=O)C1NCCCC1C. The van der Waals surface area contributed by atoms with Crippen LogP contribution in [0.5, 0.6) is 0 Å². The van der Waals surface area contributed by atoms with Crippen LogP contribution in [0.4, 0.5) is 0 Å². The lowest BCUT2D eigenvalue weighted by atomic mass is 9.91. The molecule has 0 aromatic carbocycles. The van der Waals surface area contributed by atoms with E-state index in [9.17, 15) is 4.79 Å². The van der Waals surface area contributed by atoms with Crippen LogP contribution in [0, 0.1) is 5.92 Å². The summed E-state index contributed by atoms with van der Waals surface area (Å²) in [5, 5.41) is 3.34. The quantitative estimate of drug-likeness (QED) is 0.739. The molecule has 2 atom stereocenters. The molecule has 2 unspecified atom stereocenters. The summed E-state index contributed by atoms with van der Waals surface area (Å²) in [4.78, 5) is 14.2. The standard InChI is InChI=1S/C13H24N2O/c1-5-15(9-10(2)3)13(16)12-11(4)7-6-8-14-12/h11-12,14H,2,5-9H2,1,3-4H3. The fourth-order valence-corrected chi connectivity index (χ4v) is 2.25. The van der Waals surface area contributed by atoms with Crippen LogP contribution < -0.4 is 5.32 Å². The molecule has 3 nitrogen and oxygen atoms in total. The molecule has 0 aliphatic carbocycles. The molecule has 0 spiro atoms. The average Bonchev–Trinajstić information content (AvgIpc) is 2.25. The molecule has 1 aliphatic rings. The van der Waals surface area contributed by atoms with E-state index in [4.69, 9.17) is 0 Å². The largest absolute Gasteiger partial charge is 0.338 e. The van der Waals surface area contributed by atoms with Crippen LogP contribution in [0.25, 0.3) is 0 Å². The van der Waals surface area contributed by atoms with Gasteiger partial charge >= 0.3 is 0 Å². The summed E-state index contributed by atoms with van der Waals surface area (Å²) >= 11 is 0. The smallest absolute Gasteiger partial charge is 0.240 e. The van der Waals surface area contributed by atoms with E-state index in [0.717, 1.165) is 25.1 Å². The van der Waals surface area contributed by atoms with E-state index in [0.29, 0.717) is 12.5 Å². The van der Waals surface area contributed by atoms with Gasteiger partial charge in [-0.2, -0.15) is 0 Å². The summed E-state index contributed by atoms with van der Waals surface area (Å²) in [7, 11) is 0. The van der Waals surface area contributed by atoms with Crippen molar-refractivity contribution in [2.75, 3.05) is 19.6 Å². The summed E-state index contributed by atoms with van der Waals surface area (Å²) in [6, 6.07) is 0.00745. The molecule has 1 saturated heterocycles. The molecule has 1 amide bonds. The maximum Gasteiger partial charge on any atom is 0.240 e. The zero-order valence-corrected chi connectivity index (χ0v) is 10.8. The van der Waals surface area contributed by atoms with E-state index >= 15 is 0 Å². The van der Waals surface area contributed by atoms with Gasteiger partial charge in [0, 0.05) is 13.1 Å². The average molecular weight is 224 g/mol. The van der Waals surface area contributed by atoms with Gasteiger partial charge in [0.15, 0.2) is 0 Å². The number of hydrogen-bond acceptors (Lipinski definition) is 2. The second-order valence-electron chi connectivity index (χ2n) is 4.86. The van der Waals surface area contributed by atoms with Gasteiger partial charge in [0.25, 0.3) is 0 Å². The highest BCUT2D eigenvalue weighted by Gasteiger charge is 2.30. The number of amides is 1. The van der Waals surface area contributed by atoms with E-state index in [1.807, 2.05) is 18.7 Å². The van der Waals surface area contributed by atoms with Crippen molar-refractivity contribution in [1.82, 2.24) is 10.2 Å². The van der Waals surface area contributed by atoms with Crippen LogP contribution in [-0.4, -0.2) is 36.5 Å². The fourth-order valence-electron chi connectivity index (χ4n) is 2.25. The van der Waals surface area contributed by atoms with Gasteiger partial charge < -0.3 is 10.2 Å². The minimum Gasteiger partial charge on any atom is -0.338 e. The fraction of sp³-hybridized carbons (Fsp3) is 0.769. The van der Waals surface area contributed by atoms with E-state index in [1.165, 1.54) is 6.42 Å². The summed E-state index contributed by atoms with van der Waals surface area (Å²) in [6.45, 7) is 12.4. The first-order chi connectivity index (χ1) is 7.56. The third-order valence-corrected chi connectivity index (χ3v) is 3.19.